The average Bonchev–Trinajstić information content (AvgIpc) is 1.45. The summed E-state index contributed by atoms with van der Waals surface area (Å²) in [5.74, 6) is -12.0. The van der Waals surface area contributed by atoms with Gasteiger partial charge in [-0.3, -0.25) is 57.3 Å². The second-order valence-electron chi connectivity index (χ2n) is 47.8. The summed E-state index contributed by atoms with van der Waals surface area (Å²) in [5, 5.41) is 54.2. The molecular weight excluding hydrogens is 2060 g/mol. The van der Waals surface area contributed by atoms with E-state index in [9.17, 15) is 91.6 Å². The van der Waals surface area contributed by atoms with Crippen LogP contribution in [0.25, 0.3) is 0 Å². The lowest BCUT2D eigenvalue weighted by molar-refractivity contribution is -0.228. The highest BCUT2D eigenvalue weighted by Crippen LogP contribution is 2.78. The molecule has 12 fully saturated rings. The van der Waals surface area contributed by atoms with Crippen molar-refractivity contribution >= 4 is 118 Å². The number of aliphatic hydroxyl groups is 5. The molecule has 12 saturated carbocycles. The second-order valence-corrected chi connectivity index (χ2v) is 52.2. The van der Waals surface area contributed by atoms with Gasteiger partial charge in [0.25, 0.3) is 0 Å². The first-order valence-corrected chi connectivity index (χ1v) is 58.0. The quantitative estimate of drug-likeness (QED) is 0.00574. The Morgan fingerprint density at radius 2 is 0.633 bits per heavy atom. The number of hydrogen-bond donors (Lipinski definition) is 9. The zero-order valence-corrected chi connectivity index (χ0v) is 92.1. The van der Waals surface area contributed by atoms with E-state index in [0.29, 0.717) is 74.9 Å². The van der Waals surface area contributed by atoms with Crippen LogP contribution in [0.5, 0.6) is 0 Å². The van der Waals surface area contributed by atoms with Crippen molar-refractivity contribution in [2.45, 2.75) is 376 Å². The lowest BCUT2D eigenvalue weighted by Crippen LogP contribution is -2.70. The maximum absolute atomic E-state index is 17.5. The van der Waals surface area contributed by atoms with Gasteiger partial charge in [-0.05, 0) is 280 Å². The molecule has 0 unspecified atom stereocenters. The van der Waals surface area contributed by atoms with Crippen molar-refractivity contribution in [2.75, 3.05) is 18.2 Å². The Kier molecular flexibility index (Phi) is 35.9. The van der Waals surface area contributed by atoms with Crippen LogP contribution in [0.1, 0.15) is 282 Å². The molecule has 0 spiro atoms. The number of alkyl halides is 10. The number of carbonyl (C=O) groups excluding carboxylic acids is 11. The van der Waals surface area contributed by atoms with Gasteiger partial charge in [-0.25, -0.2) is 43.9 Å². The first-order valence-electron chi connectivity index (χ1n) is 53.4. The van der Waals surface area contributed by atoms with Crippen molar-refractivity contribution in [3.63, 3.8) is 0 Å². The van der Waals surface area contributed by atoms with Gasteiger partial charge in [0, 0.05) is 110 Å². The molecule has 7 N–H and O–H groups in total. The Morgan fingerprint density at radius 3 is 0.907 bits per heavy atom. The molecule has 16 aliphatic carbocycles. The molecule has 0 bridgehead atoms. The Balaban J connectivity index is 0.000000168. The Morgan fingerprint density at radius 1 is 0.387 bits per heavy atom. The SMILES string of the molecule is C=CCCCCCCC(=O)O[C@]1(C(=O)S)[C@H](C)C[C@H]2[C@@H]3C[C@H](F)C4=CC(=O)C=C[C@]4(C)[C@@]3(F)[C@@H](O)C[C@@]21C.C=CCCCCCCC(=O)O[C@]1(C(=O)SCF)[C@H](C)C[C@H]2[C@@H]3C[C@H](F)C4=CC(=O)C=C[C@]4(C)[C@@]3(F)[C@@H](O)C[C@@]21C.C[C@@H]1C[C@H]2[C@@H]3C[C@H](F)C4=CC(=O)C=C[C@]4(C)[C@@]3(F)[C@@H](O)C[C@]2(C)[C@@]1(O)C(=O)S.C[C@@H]1C[C@H]2[C@@H]3C[C@H](F)C4=CC(=O)C=C[C@]4(C)[C@@]3(F)[C@@H](O)C[C@]2(C)[C@@]1(OC(=O)CCCCCCCCP(=O)(O)O)C(=O)SCF. The van der Waals surface area contributed by atoms with Crippen LogP contribution in [-0.4, -0.2) is 209 Å². The highest BCUT2D eigenvalue weighted by atomic mass is 32.2. The smallest absolute Gasteiger partial charge is 0.325 e. The van der Waals surface area contributed by atoms with Crippen LogP contribution in [0.4, 0.5) is 43.9 Å². The van der Waals surface area contributed by atoms with Gasteiger partial charge in [-0.1, -0.05) is 143 Å². The lowest BCUT2D eigenvalue weighted by atomic mass is 9.44. The van der Waals surface area contributed by atoms with Gasteiger partial charge in [0.05, 0.1) is 24.4 Å². The monoisotopic (exact) mass is 2210 g/mol. The van der Waals surface area contributed by atoms with Crippen LogP contribution in [0.15, 0.2) is 121 Å². The molecule has 0 saturated heterocycles. The highest BCUT2D eigenvalue weighted by Gasteiger charge is 2.84. The zero-order valence-electron chi connectivity index (χ0n) is 87.8. The Hall–Kier alpha value is -6.18. The molecule has 0 amide bonds. The predicted octanol–water partition coefficient (Wildman–Crippen LogP) is 21.0. The molecule has 0 aromatic rings. The summed E-state index contributed by atoms with van der Waals surface area (Å²) in [6.45, 7) is 27.2. The predicted molar refractivity (Wildman–Crippen MR) is 554 cm³/mol. The molecule has 0 aromatic heterocycles. The topological polar surface area (TPSA) is 374 Å². The van der Waals surface area contributed by atoms with Gasteiger partial charge < -0.3 is 49.5 Å². The molecule has 150 heavy (non-hydrogen) atoms. The molecule has 16 rings (SSSR count). The fourth-order valence-corrected chi connectivity index (χ4v) is 36.0. The van der Waals surface area contributed by atoms with E-state index < -0.39 is 290 Å². The number of hydrogen-bond acceptors (Lipinski definition) is 22. The molecule has 0 heterocycles. The Bertz CT molecular complexity index is 5580. The highest BCUT2D eigenvalue weighted by molar-refractivity contribution is 8.14. The molecule has 0 radical (unpaired) electrons. The van der Waals surface area contributed by atoms with E-state index in [0.717, 1.165) is 88.5 Å². The number of aliphatic hydroxyl groups excluding tert-OH is 4. The number of unbranched alkanes of at least 4 members (excludes halogenated alkanes) is 13. The molecule has 0 aliphatic heterocycles. The second kappa shape index (κ2) is 44.6. The summed E-state index contributed by atoms with van der Waals surface area (Å²) in [6.07, 6.45) is 17.1. The first kappa shape index (κ1) is 121. The number of thioether (sulfide) groups is 2. The van der Waals surface area contributed by atoms with Crippen LogP contribution in [0.3, 0.4) is 0 Å². The van der Waals surface area contributed by atoms with E-state index in [-0.39, 0.29) is 112 Å². The number of esters is 3. The van der Waals surface area contributed by atoms with E-state index in [1.807, 2.05) is 12.2 Å². The summed E-state index contributed by atoms with van der Waals surface area (Å²) in [4.78, 5) is 158. The molecule has 36 atom stereocenters. The van der Waals surface area contributed by atoms with Crippen LogP contribution in [0, 0.1) is 114 Å². The third-order valence-corrected chi connectivity index (χ3v) is 43.2. The van der Waals surface area contributed by atoms with Crippen LogP contribution in [-0.2, 0) is 71.5 Å². The van der Waals surface area contributed by atoms with Crippen molar-refractivity contribution < 1.29 is 151 Å². The van der Waals surface area contributed by atoms with E-state index in [1.165, 1.54) is 76.3 Å². The number of carbonyl (C=O) groups is 11. The number of ether oxygens (including phenoxy) is 3. The standard InChI is InChI=1S/C31H44F3O8PS.C31H41F3O5S.C30H40F2O5S.C21H26F2O4S/c1-19-14-21-22-16-24(33)23-15-20(35)11-12-28(23,2)30(22,34)25(36)17-29(21,3)31(19,27(38)44-18-32)42-26(37)10-8-6-4-5-7-9-13-43(39,40)41;1-5-6-7-8-9-10-11-26(37)39-31(27(38)40-18-32)19(2)14-21-22-16-24(33)23-15-20(35)12-13-28(23,3)30(22,34)25(36)17-29(21,31)4;1-5-6-7-8-9-10-11-25(35)37-30(26(36)38)18(2)14-20-21-16-23(31)22-15-19(33)12-13-27(22,3)29(21,32)24(34)17-28(20,30)4;1-10-6-12-13-8-15(22)14-7-11(24)4-5-18(14,2)20(13,23)16(25)9-19(12,3)21(10,27)17(26)28/h11-12,15,19,21-22,24-25,36H,4-10,13-14,16-18H2,1-3H3,(H2,39,40,41);5,12-13,15,19,21-22,24-25,36H,1,6-11,14,16-18H2,2-4H3;5,12-13,15,18,20-21,23-24,34H,1,6-11,14,16-17H2,2-4H3,(H,36,38);4-5,7,10,12-13,15-16,25,27H,6,8-9H2,1-3H3,(H,26,28)/t2*19-,21+,22+,24+,25+,28+,29+,30+,31+;18-,20+,21+,23+,24+,27+,28+,29+,30+;10-,12+,13+,15+,16+,18+,19+,20+,21+/m1111/s1. The van der Waals surface area contributed by atoms with Crippen molar-refractivity contribution in [1.29, 1.82) is 0 Å². The number of thiol groups is 2. The molecule has 16 aliphatic rings. The molecular formula is C113H151F10O22PS4. The summed E-state index contributed by atoms with van der Waals surface area (Å²) in [5.41, 5.74) is -27.1. The maximum Gasteiger partial charge on any atom is 0.325 e. The molecule has 0 aromatic carbocycles. The number of fused-ring (bicyclic) bond motifs is 20. The summed E-state index contributed by atoms with van der Waals surface area (Å²) in [7, 11) is -4.01. The zero-order chi connectivity index (χ0) is 111. The van der Waals surface area contributed by atoms with Crippen LogP contribution >= 0.6 is 56.4 Å². The van der Waals surface area contributed by atoms with Crippen molar-refractivity contribution in [3.05, 3.63) is 121 Å². The van der Waals surface area contributed by atoms with Gasteiger partial charge in [0.1, 0.15) is 42.3 Å². The number of ketones is 4. The minimum absolute atomic E-state index is 0.0130. The van der Waals surface area contributed by atoms with Gasteiger partial charge in [-0.15, -0.1) is 38.4 Å². The third kappa shape index (κ3) is 19.2. The fourth-order valence-electron chi connectivity index (χ4n) is 32.8. The largest absolute Gasteiger partial charge is 0.449 e. The van der Waals surface area contributed by atoms with Gasteiger partial charge in [-0.2, -0.15) is 0 Å². The van der Waals surface area contributed by atoms with Crippen molar-refractivity contribution in [1.82, 2.24) is 0 Å². The maximum atomic E-state index is 17.5. The average molecular weight is 2210 g/mol. The number of allylic oxidation sites excluding steroid dienone is 18. The summed E-state index contributed by atoms with van der Waals surface area (Å²) < 4.78 is 188. The van der Waals surface area contributed by atoms with E-state index >= 15 is 35.1 Å². The van der Waals surface area contributed by atoms with E-state index in [1.54, 1.807) is 55.4 Å². The van der Waals surface area contributed by atoms with Gasteiger partial charge >= 0.3 is 25.5 Å². The summed E-state index contributed by atoms with van der Waals surface area (Å²) in [6, 6.07) is -2.09. The number of rotatable bonds is 32. The minimum Gasteiger partial charge on any atom is -0.449 e. The number of halogens is 10. The fraction of sp³-hybridized carbons (Fsp3) is 0.726. The van der Waals surface area contributed by atoms with E-state index in [2.05, 4.69) is 38.4 Å². The lowest BCUT2D eigenvalue weighted by Gasteiger charge is -2.63. The third-order valence-electron chi connectivity index (χ3n) is 40.3. The molecule has 834 valence electrons. The normalized spacial score (nSPS) is 44.2. The Labute approximate surface area is 892 Å². The first-order chi connectivity index (χ1) is 69.9. The van der Waals surface area contributed by atoms with Crippen LogP contribution < -0.4 is 0 Å². The van der Waals surface area contributed by atoms with Gasteiger partial charge in [0.2, 0.25) is 20.5 Å². The van der Waals surface area contributed by atoms with Gasteiger partial charge in [0.15, 0.2) is 62.6 Å². The van der Waals surface area contributed by atoms with Crippen molar-refractivity contribution in [2.24, 2.45) is 114 Å². The summed E-state index contributed by atoms with van der Waals surface area (Å²) >= 11 is 8.87. The van der Waals surface area contributed by atoms with Crippen LogP contribution in [0.2, 0.25) is 0 Å². The van der Waals surface area contributed by atoms with Crippen molar-refractivity contribution in [3.8, 4) is 0 Å². The minimum atomic E-state index is -4.01. The molecule has 22 nitrogen and oxygen atoms in total. The van der Waals surface area contributed by atoms with E-state index in [4.69, 9.17) is 24.0 Å². The molecule has 37 heteroatoms.